The summed E-state index contributed by atoms with van der Waals surface area (Å²) in [6.45, 7) is 4.49. The van der Waals surface area contributed by atoms with E-state index >= 15 is 0 Å². The Morgan fingerprint density at radius 2 is 1.69 bits per heavy atom. The molecule has 2 aromatic heterocycles. The van der Waals surface area contributed by atoms with Gasteiger partial charge in [0.15, 0.2) is 5.65 Å². The van der Waals surface area contributed by atoms with E-state index in [2.05, 4.69) is 41.4 Å². The predicted octanol–water partition coefficient (Wildman–Crippen LogP) is 5.24. The van der Waals surface area contributed by atoms with E-state index in [-0.39, 0.29) is 23.7 Å². The first-order valence-corrected chi connectivity index (χ1v) is 11.6. The number of carbonyl (C=O) groups is 1. The molecule has 2 heterocycles. The molecule has 1 amide bonds. The van der Waals surface area contributed by atoms with Crippen LogP contribution in [0.4, 0.5) is 10.2 Å². The highest BCUT2D eigenvalue weighted by Gasteiger charge is 2.24. The van der Waals surface area contributed by atoms with Gasteiger partial charge in [-0.15, -0.1) is 0 Å². The molecule has 0 fully saturated rings. The fourth-order valence-electron chi connectivity index (χ4n) is 3.95. The number of nitrogens with two attached hydrogens (primary N) is 1. The maximum absolute atomic E-state index is 13.2. The zero-order valence-electron chi connectivity index (χ0n) is 19.9. The number of amides is 1. The van der Waals surface area contributed by atoms with Crippen LogP contribution in [0.3, 0.4) is 0 Å². The number of rotatable bonds is 6. The fraction of sp³-hybridized carbons (Fsp3) is 0.143. The van der Waals surface area contributed by atoms with Gasteiger partial charge in [0.1, 0.15) is 22.7 Å². The Balaban J connectivity index is 1.55. The molecule has 5 rings (SSSR count). The average Bonchev–Trinajstić information content (AvgIpc) is 3.15. The second kappa shape index (κ2) is 9.58. The van der Waals surface area contributed by atoms with Crippen molar-refractivity contribution in [2.45, 2.75) is 26.3 Å². The van der Waals surface area contributed by atoms with E-state index in [1.54, 1.807) is 18.3 Å². The van der Waals surface area contributed by atoms with Crippen molar-refractivity contribution in [3.8, 4) is 0 Å². The van der Waals surface area contributed by atoms with Crippen LogP contribution in [-0.2, 0) is 6.54 Å². The molecule has 3 aromatic carbocycles. The van der Waals surface area contributed by atoms with E-state index in [0.29, 0.717) is 28.1 Å². The van der Waals surface area contributed by atoms with Crippen LogP contribution in [0.5, 0.6) is 0 Å². The largest absolute Gasteiger partial charge is 0.383 e. The van der Waals surface area contributed by atoms with Gasteiger partial charge >= 0.3 is 0 Å². The molecule has 0 atom stereocenters. The van der Waals surface area contributed by atoms with Gasteiger partial charge in [0.25, 0.3) is 5.91 Å². The number of fused-ring (bicyclic) bond motifs is 2. The molecule has 0 aliphatic rings. The quantitative estimate of drug-likeness (QED) is 0.325. The van der Waals surface area contributed by atoms with Crippen molar-refractivity contribution in [2.75, 3.05) is 5.73 Å². The molecule has 180 valence electrons. The first kappa shape index (κ1) is 23.2. The van der Waals surface area contributed by atoms with Crippen LogP contribution in [0.1, 0.15) is 46.8 Å². The Morgan fingerprint density at radius 1 is 1.03 bits per heavy atom. The summed E-state index contributed by atoms with van der Waals surface area (Å²) in [7, 11) is 0. The highest BCUT2D eigenvalue weighted by atomic mass is 19.1. The number of carbonyl (C=O) groups excluding carboxylic acids is 1. The summed E-state index contributed by atoms with van der Waals surface area (Å²) >= 11 is 0. The minimum absolute atomic E-state index is 0.131. The highest BCUT2D eigenvalue weighted by molar-refractivity contribution is 6.10. The Labute approximate surface area is 207 Å². The molecule has 0 aliphatic heterocycles. The van der Waals surface area contributed by atoms with Gasteiger partial charge in [-0.1, -0.05) is 62.4 Å². The van der Waals surface area contributed by atoms with Gasteiger partial charge in [-0.2, -0.15) is 9.78 Å². The van der Waals surface area contributed by atoms with E-state index in [0.717, 1.165) is 11.1 Å². The van der Waals surface area contributed by atoms with Crippen LogP contribution in [0.2, 0.25) is 0 Å². The summed E-state index contributed by atoms with van der Waals surface area (Å²) in [4.78, 5) is 22.6. The molecular formula is C28H25FN6O. The van der Waals surface area contributed by atoms with Crippen LogP contribution in [0.25, 0.3) is 22.2 Å². The number of para-hydroxylation sites is 2. The number of nitrogens with one attached hydrogen (secondary N) is 1. The number of nitrogen functional groups attached to an aromatic ring is 1. The molecule has 0 bridgehead atoms. The Bertz CT molecular complexity index is 1590. The third-order valence-electron chi connectivity index (χ3n) is 5.99. The van der Waals surface area contributed by atoms with Crippen molar-refractivity contribution >= 4 is 40.1 Å². The van der Waals surface area contributed by atoms with Gasteiger partial charge in [0, 0.05) is 6.54 Å². The highest BCUT2D eigenvalue weighted by Crippen LogP contribution is 2.28. The van der Waals surface area contributed by atoms with Crippen molar-refractivity contribution in [1.82, 2.24) is 20.0 Å². The molecular weight excluding hydrogens is 455 g/mol. The number of halogens is 1. The number of hydrogen-bond donors (Lipinski definition) is 2. The Morgan fingerprint density at radius 3 is 2.36 bits per heavy atom. The number of nitrogens with zero attached hydrogens (tertiary/aromatic N) is 4. The third kappa shape index (κ3) is 4.53. The third-order valence-corrected chi connectivity index (χ3v) is 5.99. The van der Waals surface area contributed by atoms with E-state index in [1.807, 2.05) is 36.4 Å². The lowest BCUT2D eigenvalue weighted by atomic mass is 10.0. The van der Waals surface area contributed by atoms with Crippen molar-refractivity contribution in [3.63, 3.8) is 0 Å². The van der Waals surface area contributed by atoms with Gasteiger partial charge in [0.2, 0.25) is 0 Å². The van der Waals surface area contributed by atoms with Crippen LogP contribution in [0, 0.1) is 5.82 Å². The maximum atomic E-state index is 13.2. The standard InChI is InChI=1S/C28H25FN6O/c1-17(2)20-11-7-19(8-12-20)16-32-35-26(30)24(28(36)31-15-18-9-13-21(29)14-10-18)25-27(35)34-23-6-4-3-5-22(23)33-25/h3-14,16-17H,15,30H2,1-2H3,(H,31,36). The first-order chi connectivity index (χ1) is 17.4. The van der Waals surface area contributed by atoms with Gasteiger partial charge in [-0.05, 0) is 46.9 Å². The summed E-state index contributed by atoms with van der Waals surface area (Å²) < 4.78 is 14.7. The molecule has 0 unspecified atom stereocenters. The Kier molecular flexibility index (Phi) is 6.16. The number of hydrogen-bond acceptors (Lipinski definition) is 5. The monoisotopic (exact) mass is 480 g/mol. The topological polar surface area (TPSA) is 98.2 Å². The number of benzene rings is 3. The van der Waals surface area contributed by atoms with Crippen LogP contribution in [-0.4, -0.2) is 26.8 Å². The molecule has 7 nitrogen and oxygen atoms in total. The van der Waals surface area contributed by atoms with Gasteiger partial charge in [0.05, 0.1) is 17.2 Å². The SMILES string of the molecule is CC(C)c1ccc(C=Nn2c(N)c(C(=O)NCc3ccc(F)cc3)c3nc4ccccc4nc32)cc1. The maximum Gasteiger partial charge on any atom is 0.257 e. The smallest absolute Gasteiger partial charge is 0.257 e. The van der Waals surface area contributed by atoms with Gasteiger partial charge in [-0.3, -0.25) is 4.79 Å². The lowest BCUT2D eigenvalue weighted by Gasteiger charge is -2.06. The molecule has 0 spiro atoms. The van der Waals surface area contributed by atoms with Crippen molar-refractivity contribution < 1.29 is 9.18 Å². The van der Waals surface area contributed by atoms with E-state index < -0.39 is 5.91 Å². The zero-order chi connectivity index (χ0) is 25.2. The summed E-state index contributed by atoms with van der Waals surface area (Å²) in [5.74, 6) is -0.190. The first-order valence-electron chi connectivity index (χ1n) is 11.6. The molecule has 36 heavy (non-hydrogen) atoms. The number of aromatic nitrogens is 3. The van der Waals surface area contributed by atoms with Gasteiger partial charge < -0.3 is 11.1 Å². The second-order valence-corrected chi connectivity index (χ2v) is 8.83. The second-order valence-electron chi connectivity index (χ2n) is 8.83. The Hall–Kier alpha value is -4.59. The van der Waals surface area contributed by atoms with Crippen molar-refractivity contribution in [3.05, 3.63) is 101 Å². The minimum Gasteiger partial charge on any atom is -0.383 e. The zero-order valence-corrected chi connectivity index (χ0v) is 19.9. The van der Waals surface area contributed by atoms with Crippen LogP contribution < -0.4 is 11.1 Å². The molecule has 0 aliphatic carbocycles. The molecule has 8 heteroatoms. The molecule has 3 N–H and O–H groups in total. The lowest BCUT2D eigenvalue weighted by molar-refractivity contribution is 0.0953. The van der Waals surface area contributed by atoms with E-state index in [1.165, 1.54) is 22.4 Å². The molecule has 0 saturated carbocycles. The van der Waals surface area contributed by atoms with Crippen LogP contribution in [0.15, 0.2) is 77.9 Å². The van der Waals surface area contributed by atoms with Gasteiger partial charge in [-0.25, -0.2) is 14.4 Å². The average molecular weight is 481 g/mol. The fourth-order valence-corrected chi connectivity index (χ4v) is 3.95. The predicted molar refractivity (Wildman–Crippen MR) is 141 cm³/mol. The summed E-state index contributed by atoms with van der Waals surface area (Å²) in [6, 6.07) is 21.4. The van der Waals surface area contributed by atoms with E-state index in [4.69, 9.17) is 10.7 Å². The molecule has 0 saturated heterocycles. The van der Waals surface area contributed by atoms with E-state index in [9.17, 15) is 9.18 Å². The van der Waals surface area contributed by atoms with Crippen molar-refractivity contribution in [2.24, 2.45) is 5.10 Å². The number of anilines is 1. The molecule has 0 radical (unpaired) electrons. The van der Waals surface area contributed by atoms with Crippen molar-refractivity contribution in [1.29, 1.82) is 0 Å². The lowest BCUT2D eigenvalue weighted by Crippen LogP contribution is -2.23. The summed E-state index contributed by atoms with van der Waals surface area (Å²) in [5, 5.41) is 7.40. The summed E-state index contributed by atoms with van der Waals surface area (Å²) in [5.41, 5.74) is 11.6. The summed E-state index contributed by atoms with van der Waals surface area (Å²) in [6.07, 6.45) is 1.68. The van der Waals surface area contributed by atoms with Crippen LogP contribution >= 0.6 is 0 Å². The molecule has 5 aromatic rings. The minimum atomic E-state index is -0.415. The normalized spacial score (nSPS) is 11.7.